The summed E-state index contributed by atoms with van der Waals surface area (Å²) in [5.74, 6) is 0.972. The lowest BCUT2D eigenvalue weighted by Crippen LogP contribution is -2.43. The molecule has 1 atom stereocenters. The summed E-state index contributed by atoms with van der Waals surface area (Å²) in [6, 6.07) is 0.757. The number of hydrogen-bond donors (Lipinski definition) is 1. The van der Waals surface area contributed by atoms with E-state index in [1.54, 1.807) is 0 Å². The third-order valence-electron chi connectivity index (χ3n) is 3.27. The summed E-state index contributed by atoms with van der Waals surface area (Å²) in [4.78, 5) is 0. The van der Waals surface area contributed by atoms with Crippen molar-refractivity contribution in [3.05, 3.63) is 0 Å². The number of hydrogen-bond acceptors (Lipinski definition) is 1. The van der Waals surface area contributed by atoms with Crippen LogP contribution in [0.1, 0.15) is 47.0 Å². The van der Waals surface area contributed by atoms with E-state index in [1.165, 1.54) is 19.3 Å². The molecule has 0 aliphatic heterocycles. The van der Waals surface area contributed by atoms with Crippen LogP contribution in [0.4, 0.5) is 0 Å². The van der Waals surface area contributed by atoms with E-state index in [4.69, 9.17) is 0 Å². The lowest BCUT2D eigenvalue weighted by molar-refractivity contribution is 0.211. The van der Waals surface area contributed by atoms with Crippen LogP contribution in [0.3, 0.4) is 0 Å². The second-order valence-corrected chi connectivity index (χ2v) is 4.71. The van der Waals surface area contributed by atoms with Crippen molar-refractivity contribution in [1.29, 1.82) is 0 Å². The molecule has 0 aromatic carbocycles. The van der Waals surface area contributed by atoms with Gasteiger partial charge < -0.3 is 5.32 Å². The van der Waals surface area contributed by atoms with Crippen molar-refractivity contribution < 1.29 is 0 Å². The predicted octanol–water partition coefficient (Wildman–Crippen LogP) is 2.81. The van der Waals surface area contributed by atoms with Gasteiger partial charge in [-0.3, -0.25) is 0 Å². The molecule has 0 aromatic heterocycles. The first-order valence-corrected chi connectivity index (χ1v) is 5.35. The SMILES string of the molecule is CCNC(C1CC1)C(C)(C)CC. The van der Waals surface area contributed by atoms with E-state index in [0.29, 0.717) is 5.41 Å². The number of rotatable bonds is 5. The van der Waals surface area contributed by atoms with Gasteiger partial charge in [-0.15, -0.1) is 0 Å². The summed E-state index contributed by atoms with van der Waals surface area (Å²) in [6.45, 7) is 10.4. The Labute approximate surface area is 76.9 Å². The fourth-order valence-corrected chi connectivity index (χ4v) is 1.95. The second-order valence-electron chi connectivity index (χ2n) is 4.71. The summed E-state index contributed by atoms with van der Waals surface area (Å²) in [5, 5.41) is 3.64. The Morgan fingerprint density at radius 2 is 1.92 bits per heavy atom. The lowest BCUT2D eigenvalue weighted by atomic mass is 9.79. The third-order valence-corrected chi connectivity index (χ3v) is 3.27. The van der Waals surface area contributed by atoms with Crippen molar-refractivity contribution in [3.8, 4) is 0 Å². The van der Waals surface area contributed by atoms with Crippen molar-refractivity contribution in [2.24, 2.45) is 11.3 Å². The Morgan fingerprint density at radius 3 is 2.25 bits per heavy atom. The van der Waals surface area contributed by atoms with Gasteiger partial charge in [-0.05, 0) is 37.1 Å². The Morgan fingerprint density at radius 1 is 1.33 bits per heavy atom. The highest BCUT2D eigenvalue weighted by molar-refractivity contribution is 4.94. The summed E-state index contributed by atoms with van der Waals surface area (Å²) < 4.78 is 0. The van der Waals surface area contributed by atoms with E-state index >= 15 is 0 Å². The minimum atomic E-state index is 0.483. The minimum absolute atomic E-state index is 0.483. The first-order chi connectivity index (χ1) is 5.61. The molecule has 1 rings (SSSR count). The predicted molar refractivity (Wildman–Crippen MR) is 54.3 cm³/mol. The summed E-state index contributed by atoms with van der Waals surface area (Å²) in [7, 11) is 0. The molecule has 0 bridgehead atoms. The number of nitrogens with one attached hydrogen (secondary N) is 1. The van der Waals surface area contributed by atoms with E-state index in [2.05, 4.69) is 33.0 Å². The average molecular weight is 169 g/mol. The van der Waals surface area contributed by atoms with Crippen LogP contribution in [0.25, 0.3) is 0 Å². The molecule has 0 radical (unpaired) electrons. The zero-order valence-electron chi connectivity index (χ0n) is 8.98. The quantitative estimate of drug-likeness (QED) is 0.667. The molecule has 1 saturated carbocycles. The van der Waals surface area contributed by atoms with Gasteiger partial charge >= 0.3 is 0 Å². The van der Waals surface area contributed by atoms with E-state index < -0.39 is 0 Å². The van der Waals surface area contributed by atoms with E-state index in [0.717, 1.165) is 18.5 Å². The van der Waals surface area contributed by atoms with Crippen molar-refractivity contribution in [2.75, 3.05) is 6.54 Å². The molecule has 0 amide bonds. The zero-order valence-corrected chi connectivity index (χ0v) is 8.98. The highest BCUT2D eigenvalue weighted by Gasteiger charge is 2.39. The lowest BCUT2D eigenvalue weighted by Gasteiger charge is -2.34. The molecule has 0 heterocycles. The molecule has 72 valence electrons. The second kappa shape index (κ2) is 3.78. The minimum Gasteiger partial charge on any atom is -0.313 e. The summed E-state index contributed by atoms with van der Waals surface area (Å²) >= 11 is 0. The third kappa shape index (κ3) is 2.22. The van der Waals surface area contributed by atoms with Crippen LogP contribution in [0.2, 0.25) is 0 Å². The molecular weight excluding hydrogens is 146 g/mol. The van der Waals surface area contributed by atoms with Crippen LogP contribution < -0.4 is 5.32 Å². The average Bonchev–Trinajstić information content (AvgIpc) is 2.83. The highest BCUT2D eigenvalue weighted by atomic mass is 14.9. The molecule has 1 fully saturated rings. The Balaban J connectivity index is 2.50. The summed E-state index contributed by atoms with van der Waals surface area (Å²) in [5.41, 5.74) is 0.483. The molecule has 1 aliphatic rings. The molecule has 12 heavy (non-hydrogen) atoms. The summed E-state index contributed by atoms with van der Waals surface area (Å²) in [6.07, 6.45) is 4.17. The van der Waals surface area contributed by atoms with E-state index in [9.17, 15) is 0 Å². The zero-order chi connectivity index (χ0) is 9.19. The van der Waals surface area contributed by atoms with Crippen molar-refractivity contribution in [3.63, 3.8) is 0 Å². The first-order valence-electron chi connectivity index (χ1n) is 5.35. The molecule has 1 unspecified atom stereocenters. The van der Waals surface area contributed by atoms with E-state index in [1.807, 2.05) is 0 Å². The Bertz CT molecular complexity index is 136. The molecule has 0 saturated heterocycles. The molecule has 1 nitrogen and oxygen atoms in total. The van der Waals surface area contributed by atoms with Crippen LogP contribution in [0.15, 0.2) is 0 Å². The van der Waals surface area contributed by atoms with Crippen LogP contribution in [0, 0.1) is 11.3 Å². The maximum absolute atomic E-state index is 3.64. The maximum atomic E-state index is 3.64. The van der Waals surface area contributed by atoms with Crippen molar-refractivity contribution in [1.82, 2.24) is 5.32 Å². The fourth-order valence-electron chi connectivity index (χ4n) is 1.95. The fraction of sp³-hybridized carbons (Fsp3) is 1.00. The van der Waals surface area contributed by atoms with Crippen molar-refractivity contribution >= 4 is 0 Å². The van der Waals surface area contributed by atoms with Crippen LogP contribution >= 0.6 is 0 Å². The highest BCUT2D eigenvalue weighted by Crippen LogP contribution is 2.41. The Hall–Kier alpha value is -0.0400. The molecule has 0 spiro atoms. The normalized spacial score (nSPS) is 21.0. The Kier molecular flexibility index (Phi) is 3.16. The van der Waals surface area contributed by atoms with Crippen LogP contribution in [-0.4, -0.2) is 12.6 Å². The monoisotopic (exact) mass is 169 g/mol. The maximum Gasteiger partial charge on any atom is 0.0146 e. The largest absolute Gasteiger partial charge is 0.313 e. The van der Waals surface area contributed by atoms with E-state index in [-0.39, 0.29) is 0 Å². The van der Waals surface area contributed by atoms with Crippen molar-refractivity contribution in [2.45, 2.75) is 53.0 Å². The van der Waals surface area contributed by atoms with Gasteiger partial charge in [-0.25, -0.2) is 0 Å². The van der Waals surface area contributed by atoms with Gasteiger partial charge in [-0.2, -0.15) is 0 Å². The van der Waals surface area contributed by atoms with Crippen LogP contribution in [0.5, 0.6) is 0 Å². The van der Waals surface area contributed by atoms with Crippen LogP contribution in [-0.2, 0) is 0 Å². The van der Waals surface area contributed by atoms with Gasteiger partial charge in [0.1, 0.15) is 0 Å². The van der Waals surface area contributed by atoms with Gasteiger partial charge in [0.2, 0.25) is 0 Å². The van der Waals surface area contributed by atoms with Gasteiger partial charge in [0.05, 0.1) is 0 Å². The van der Waals surface area contributed by atoms with Gasteiger partial charge in [-0.1, -0.05) is 27.7 Å². The molecule has 1 N–H and O–H groups in total. The molecule has 1 aliphatic carbocycles. The molecule has 1 heteroatoms. The molecular formula is C11H23N. The smallest absolute Gasteiger partial charge is 0.0146 e. The van der Waals surface area contributed by atoms with Gasteiger partial charge in [0, 0.05) is 6.04 Å². The van der Waals surface area contributed by atoms with Gasteiger partial charge in [0.25, 0.3) is 0 Å². The first kappa shape index (κ1) is 10.0. The molecule has 0 aromatic rings. The standard InChI is InChI=1S/C11H23N/c1-5-11(3,4)10(12-6-2)9-7-8-9/h9-10,12H,5-8H2,1-4H3. The van der Waals surface area contributed by atoms with Gasteiger partial charge in [0.15, 0.2) is 0 Å². The topological polar surface area (TPSA) is 12.0 Å².